The molecule has 0 spiro atoms. The molecule has 1 saturated carbocycles. The van der Waals surface area contributed by atoms with Gasteiger partial charge < -0.3 is 14.2 Å². The summed E-state index contributed by atoms with van der Waals surface area (Å²) >= 11 is 0. The first-order valence-corrected chi connectivity index (χ1v) is 13.0. The predicted octanol–water partition coefficient (Wildman–Crippen LogP) is 7.56. The molecule has 2 fully saturated rings. The number of benzene rings is 1. The normalized spacial score (nSPS) is 26.2. The topological polar surface area (TPSA) is 27.7 Å². The van der Waals surface area contributed by atoms with Crippen molar-refractivity contribution >= 4 is 0 Å². The molecule has 0 N–H and O–H groups in total. The quantitative estimate of drug-likeness (QED) is 0.306. The highest BCUT2D eigenvalue weighted by molar-refractivity contribution is 5.33. The van der Waals surface area contributed by atoms with Crippen molar-refractivity contribution in [2.24, 2.45) is 5.92 Å². The Kier molecular flexibility index (Phi) is 10.7. The van der Waals surface area contributed by atoms with Gasteiger partial charge in [0.1, 0.15) is 0 Å². The van der Waals surface area contributed by atoms with E-state index in [1.54, 1.807) is 12.1 Å². The lowest BCUT2D eigenvalue weighted by atomic mass is 9.78. The van der Waals surface area contributed by atoms with Crippen LogP contribution in [-0.2, 0) is 9.47 Å². The average Bonchev–Trinajstić information content (AvgIpc) is 2.82. The van der Waals surface area contributed by atoms with Crippen LogP contribution in [0.1, 0.15) is 102 Å². The van der Waals surface area contributed by atoms with Crippen LogP contribution in [0.15, 0.2) is 12.1 Å². The lowest BCUT2D eigenvalue weighted by Crippen LogP contribution is -2.33. The van der Waals surface area contributed by atoms with Gasteiger partial charge in [0.15, 0.2) is 11.6 Å². The number of hydrogen-bond donors (Lipinski definition) is 0. The summed E-state index contributed by atoms with van der Waals surface area (Å²) in [6.45, 7) is 6.15. The Morgan fingerprint density at radius 3 is 2.38 bits per heavy atom. The van der Waals surface area contributed by atoms with E-state index in [9.17, 15) is 8.78 Å². The van der Waals surface area contributed by atoms with Crippen molar-refractivity contribution in [3.8, 4) is 5.75 Å². The second-order valence-corrected chi connectivity index (χ2v) is 9.68. The third kappa shape index (κ3) is 7.41. The van der Waals surface area contributed by atoms with Gasteiger partial charge in [0.25, 0.3) is 0 Å². The average molecular weight is 453 g/mol. The van der Waals surface area contributed by atoms with E-state index in [2.05, 4.69) is 6.92 Å². The molecular formula is C27H42F2O3. The molecule has 1 aromatic rings. The highest BCUT2D eigenvalue weighted by Gasteiger charge is 2.28. The Labute approximate surface area is 193 Å². The molecule has 3 nitrogen and oxygen atoms in total. The molecule has 1 aromatic carbocycles. The molecule has 1 saturated heterocycles. The minimum Gasteiger partial charge on any atom is -0.490 e. The predicted molar refractivity (Wildman–Crippen MR) is 124 cm³/mol. The van der Waals surface area contributed by atoms with Gasteiger partial charge in [-0.15, -0.1) is 0 Å². The maximum absolute atomic E-state index is 14.7. The Hall–Kier alpha value is -1.20. The van der Waals surface area contributed by atoms with E-state index in [1.165, 1.54) is 25.7 Å². The lowest BCUT2D eigenvalue weighted by molar-refractivity contribution is -0.0960. The number of hydrogen-bond acceptors (Lipinski definition) is 3. The van der Waals surface area contributed by atoms with E-state index >= 15 is 0 Å². The van der Waals surface area contributed by atoms with Gasteiger partial charge in [-0.05, 0) is 74.8 Å². The zero-order chi connectivity index (χ0) is 22.8. The fourth-order valence-electron chi connectivity index (χ4n) is 4.98. The third-order valence-electron chi connectivity index (χ3n) is 7.14. The Morgan fingerprint density at radius 1 is 0.906 bits per heavy atom. The molecule has 2 atom stereocenters. The van der Waals surface area contributed by atoms with E-state index in [4.69, 9.17) is 14.2 Å². The van der Waals surface area contributed by atoms with Crippen molar-refractivity contribution in [1.29, 1.82) is 0 Å². The van der Waals surface area contributed by atoms with Crippen molar-refractivity contribution in [1.82, 2.24) is 0 Å². The van der Waals surface area contributed by atoms with Gasteiger partial charge in [0, 0.05) is 6.61 Å². The molecule has 1 aliphatic carbocycles. The van der Waals surface area contributed by atoms with E-state index in [0.29, 0.717) is 30.8 Å². The van der Waals surface area contributed by atoms with Crippen LogP contribution in [0, 0.1) is 17.6 Å². The summed E-state index contributed by atoms with van der Waals surface area (Å²) in [6, 6.07) is 3.31. The van der Waals surface area contributed by atoms with Crippen molar-refractivity contribution in [3.63, 3.8) is 0 Å². The van der Waals surface area contributed by atoms with E-state index in [0.717, 1.165) is 58.0 Å². The SMILES string of the molecule is CCCCCC1CCC(OCC2CCC(c3ccc(OCCCC)c(F)c3F)CC2)CO1. The lowest BCUT2D eigenvalue weighted by Gasteiger charge is -2.32. The van der Waals surface area contributed by atoms with Gasteiger partial charge >= 0.3 is 0 Å². The summed E-state index contributed by atoms with van der Waals surface area (Å²) in [6.07, 6.45) is 13.3. The Balaban J connectivity index is 1.38. The van der Waals surface area contributed by atoms with Crippen LogP contribution in [0.2, 0.25) is 0 Å². The molecule has 0 radical (unpaired) electrons. The maximum Gasteiger partial charge on any atom is 0.200 e. The molecule has 0 aromatic heterocycles. The summed E-state index contributed by atoms with van der Waals surface area (Å²) in [5.74, 6) is -0.963. The molecule has 1 heterocycles. The fourth-order valence-corrected chi connectivity index (χ4v) is 4.98. The maximum atomic E-state index is 14.7. The van der Waals surface area contributed by atoms with Gasteiger partial charge in [-0.1, -0.05) is 45.6 Å². The summed E-state index contributed by atoms with van der Waals surface area (Å²) in [7, 11) is 0. The van der Waals surface area contributed by atoms with Crippen LogP contribution in [-0.4, -0.2) is 32.0 Å². The fraction of sp³-hybridized carbons (Fsp3) is 0.778. The van der Waals surface area contributed by atoms with Crippen molar-refractivity contribution in [2.45, 2.75) is 109 Å². The van der Waals surface area contributed by atoms with Crippen LogP contribution < -0.4 is 4.74 Å². The van der Waals surface area contributed by atoms with Crippen LogP contribution in [0.3, 0.4) is 0 Å². The second-order valence-electron chi connectivity index (χ2n) is 9.68. The summed E-state index contributed by atoms with van der Waals surface area (Å²) < 4.78 is 46.7. The molecule has 0 amide bonds. The van der Waals surface area contributed by atoms with Gasteiger partial charge in [-0.2, -0.15) is 4.39 Å². The van der Waals surface area contributed by atoms with Gasteiger partial charge in [0.2, 0.25) is 5.82 Å². The van der Waals surface area contributed by atoms with Crippen LogP contribution >= 0.6 is 0 Å². The molecular weight excluding hydrogens is 410 g/mol. The number of unbranched alkanes of at least 4 members (excludes halogenated alkanes) is 3. The van der Waals surface area contributed by atoms with Crippen molar-refractivity contribution in [3.05, 3.63) is 29.3 Å². The first-order chi connectivity index (χ1) is 15.6. The highest BCUT2D eigenvalue weighted by Crippen LogP contribution is 2.39. The minimum absolute atomic E-state index is 0.0316. The highest BCUT2D eigenvalue weighted by atomic mass is 19.2. The zero-order valence-electron chi connectivity index (χ0n) is 20.1. The summed E-state index contributed by atoms with van der Waals surface area (Å²) in [5, 5.41) is 0. The Bertz CT molecular complexity index is 665. The largest absolute Gasteiger partial charge is 0.490 e. The number of ether oxygens (including phenoxy) is 3. The van der Waals surface area contributed by atoms with Crippen molar-refractivity contribution in [2.75, 3.05) is 19.8 Å². The Morgan fingerprint density at radius 2 is 1.69 bits per heavy atom. The second kappa shape index (κ2) is 13.5. The monoisotopic (exact) mass is 452 g/mol. The van der Waals surface area contributed by atoms with Crippen LogP contribution in [0.25, 0.3) is 0 Å². The summed E-state index contributed by atoms with van der Waals surface area (Å²) in [5.41, 5.74) is 0.500. The molecule has 5 heteroatoms. The van der Waals surface area contributed by atoms with Gasteiger partial charge in [0.05, 0.1) is 25.4 Å². The van der Waals surface area contributed by atoms with Gasteiger partial charge in [-0.25, -0.2) is 4.39 Å². The van der Waals surface area contributed by atoms with Crippen molar-refractivity contribution < 1.29 is 23.0 Å². The van der Waals surface area contributed by atoms with E-state index in [1.807, 2.05) is 6.92 Å². The first kappa shape index (κ1) is 25.4. The smallest absolute Gasteiger partial charge is 0.200 e. The van der Waals surface area contributed by atoms with Crippen LogP contribution in [0.5, 0.6) is 5.75 Å². The number of rotatable bonds is 12. The number of halogens is 2. The zero-order valence-corrected chi connectivity index (χ0v) is 20.1. The standard InChI is InChI=1S/C27H42F2O3/c1-3-5-7-8-22-13-14-23(19-32-22)31-18-20-9-11-21(12-10-20)24-15-16-25(27(29)26(24)28)30-17-6-4-2/h15-16,20-23H,3-14,17-19H2,1-2H3. The molecule has 32 heavy (non-hydrogen) atoms. The van der Waals surface area contributed by atoms with Crippen LogP contribution in [0.4, 0.5) is 8.78 Å². The third-order valence-corrected chi connectivity index (χ3v) is 7.14. The van der Waals surface area contributed by atoms with E-state index in [-0.39, 0.29) is 17.8 Å². The minimum atomic E-state index is -0.839. The summed E-state index contributed by atoms with van der Waals surface area (Å²) in [4.78, 5) is 0. The molecule has 182 valence electrons. The molecule has 0 bridgehead atoms. The molecule has 2 unspecified atom stereocenters. The molecule has 2 aliphatic rings. The first-order valence-electron chi connectivity index (χ1n) is 13.0. The van der Waals surface area contributed by atoms with Gasteiger partial charge in [-0.3, -0.25) is 0 Å². The molecule has 3 rings (SSSR count). The molecule has 1 aliphatic heterocycles. The van der Waals surface area contributed by atoms with E-state index < -0.39 is 11.6 Å².